The van der Waals surface area contributed by atoms with Crippen LogP contribution in [0.4, 0.5) is 5.69 Å². The van der Waals surface area contributed by atoms with Gasteiger partial charge in [0, 0.05) is 31.4 Å². The zero-order valence-electron chi connectivity index (χ0n) is 10.8. The van der Waals surface area contributed by atoms with E-state index in [1.807, 2.05) is 12.1 Å². The standard InChI is InChI=1S/C13H21N3O/c1-10(2)16-8-6-11(9-16)15-12-5-4-7-14-13(12)17-3/h4-5,7,10-11,15H,6,8-9H2,1-3H3. The van der Waals surface area contributed by atoms with Gasteiger partial charge in [0.15, 0.2) is 0 Å². The summed E-state index contributed by atoms with van der Waals surface area (Å²) in [5, 5.41) is 3.52. The van der Waals surface area contributed by atoms with Crippen molar-refractivity contribution in [3.8, 4) is 5.88 Å². The van der Waals surface area contributed by atoms with Crippen molar-refractivity contribution in [2.45, 2.75) is 32.4 Å². The first kappa shape index (κ1) is 12.2. The van der Waals surface area contributed by atoms with E-state index in [0.29, 0.717) is 18.0 Å². The predicted molar refractivity (Wildman–Crippen MR) is 69.5 cm³/mol. The second-order valence-electron chi connectivity index (χ2n) is 4.78. The van der Waals surface area contributed by atoms with Crippen LogP contribution in [0.5, 0.6) is 5.88 Å². The van der Waals surface area contributed by atoms with Crippen LogP contribution >= 0.6 is 0 Å². The maximum absolute atomic E-state index is 5.24. The van der Waals surface area contributed by atoms with Crippen molar-refractivity contribution < 1.29 is 4.74 Å². The normalized spacial score (nSPS) is 20.8. The molecule has 1 unspecified atom stereocenters. The lowest BCUT2D eigenvalue weighted by molar-refractivity contribution is 0.274. The fraction of sp³-hybridized carbons (Fsp3) is 0.615. The molecule has 1 fully saturated rings. The van der Waals surface area contributed by atoms with Crippen LogP contribution in [0.2, 0.25) is 0 Å². The van der Waals surface area contributed by atoms with E-state index >= 15 is 0 Å². The molecule has 17 heavy (non-hydrogen) atoms. The summed E-state index contributed by atoms with van der Waals surface area (Å²) in [6.07, 6.45) is 2.93. The van der Waals surface area contributed by atoms with Crippen LogP contribution in [0.25, 0.3) is 0 Å². The molecule has 4 heteroatoms. The van der Waals surface area contributed by atoms with Gasteiger partial charge in [-0.1, -0.05) is 0 Å². The monoisotopic (exact) mass is 235 g/mol. The third kappa shape index (κ3) is 2.88. The minimum absolute atomic E-state index is 0.496. The van der Waals surface area contributed by atoms with E-state index in [1.54, 1.807) is 13.3 Å². The summed E-state index contributed by atoms with van der Waals surface area (Å²) in [5.41, 5.74) is 0.991. The van der Waals surface area contributed by atoms with E-state index in [9.17, 15) is 0 Å². The number of nitrogens with zero attached hydrogens (tertiary/aromatic N) is 2. The highest BCUT2D eigenvalue weighted by molar-refractivity contribution is 5.52. The molecule has 0 radical (unpaired) electrons. The molecule has 4 nitrogen and oxygen atoms in total. The van der Waals surface area contributed by atoms with E-state index in [2.05, 4.69) is 29.0 Å². The zero-order valence-corrected chi connectivity index (χ0v) is 10.8. The quantitative estimate of drug-likeness (QED) is 0.866. The highest BCUT2D eigenvalue weighted by Crippen LogP contribution is 2.23. The second kappa shape index (κ2) is 5.36. The maximum atomic E-state index is 5.24. The topological polar surface area (TPSA) is 37.4 Å². The van der Waals surface area contributed by atoms with Gasteiger partial charge in [-0.05, 0) is 32.4 Å². The molecule has 0 saturated carbocycles. The SMILES string of the molecule is COc1ncccc1NC1CCN(C(C)C)C1. The molecule has 2 heterocycles. The Labute approximate surface area is 103 Å². The van der Waals surface area contributed by atoms with Crippen molar-refractivity contribution in [3.05, 3.63) is 18.3 Å². The molecule has 1 N–H and O–H groups in total. The molecule has 0 spiro atoms. The average Bonchev–Trinajstić information content (AvgIpc) is 2.78. The largest absolute Gasteiger partial charge is 0.480 e. The van der Waals surface area contributed by atoms with Crippen molar-refractivity contribution in [1.29, 1.82) is 0 Å². The molecule has 1 atom stereocenters. The molecule has 94 valence electrons. The fourth-order valence-electron chi connectivity index (χ4n) is 2.26. The molecule has 1 aromatic heterocycles. The first-order valence-corrected chi connectivity index (χ1v) is 6.20. The van der Waals surface area contributed by atoms with Crippen molar-refractivity contribution >= 4 is 5.69 Å². The zero-order chi connectivity index (χ0) is 12.3. The summed E-state index contributed by atoms with van der Waals surface area (Å²) >= 11 is 0. The molecule has 1 saturated heterocycles. The Morgan fingerprint density at radius 2 is 2.35 bits per heavy atom. The van der Waals surface area contributed by atoms with Crippen LogP contribution in [0.1, 0.15) is 20.3 Å². The Morgan fingerprint density at radius 1 is 1.53 bits per heavy atom. The van der Waals surface area contributed by atoms with E-state index in [0.717, 1.165) is 18.8 Å². The number of rotatable bonds is 4. The molecule has 1 aliphatic heterocycles. The molecule has 1 aliphatic rings. The second-order valence-corrected chi connectivity index (χ2v) is 4.78. The highest BCUT2D eigenvalue weighted by Gasteiger charge is 2.24. The van der Waals surface area contributed by atoms with Crippen LogP contribution in [-0.4, -0.2) is 42.2 Å². The summed E-state index contributed by atoms with van der Waals surface area (Å²) in [5.74, 6) is 0.676. The summed E-state index contributed by atoms with van der Waals surface area (Å²) in [7, 11) is 1.66. The van der Waals surface area contributed by atoms with Gasteiger partial charge in [-0.25, -0.2) is 4.98 Å². The Kier molecular flexibility index (Phi) is 3.84. The van der Waals surface area contributed by atoms with Gasteiger partial charge in [0.25, 0.3) is 0 Å². The summed E-state index contributed by atoms with van der Waals surface area (Å²) in [6.45, 7) is 6.74. The molecule has 0 bridgehead atoms. The van der Waals surface area contributed by atoms with Crippen molar-refractivity contribution in [2.75, 3.05) is 25.5 Å². The number of anilines is 1. The number of methoxy groups -OCH3 is 1. The Morgan fingerprint density at radius 3 is 3.00 bits per heavy atom. The summed E-state index contributed by atoms with van der Waals surface area (Å²) in [4.78, 5) is 6.68. The van der Waals surface area contributed by atoms with Crippen LogP contribution < -0.4 is 10.1 Å². The molecule has 0 amide bonds. The van der Waals surface area contributed by atoms with E-state index in [4.69, 9.17) is 4.74 Å². The number of ether oxygens (including phenoxy) is 1. The minimum Gasteiger partial charge on any atom is -0.480 e. The molecule has 1 aromatic rings. The van der Waals surface area contributed by atoms with E-state index in [-0.39, 0.29) is 0 Å². The minimum atomic E-state index is 0.496. The van der Waals surface area contributed by atoms with Gasteiger partial charge in [-0.15, -0.1) is 0 Å². The van der Waals surface area contributed by atoms with E-state index < -0.39 is 0 Å². The fourth-order valence-corrected chi connectivity index (χ4v) is 2.26. The van der Waals surface area contributed by atoms with Crippen molar-refractivity contribution in [1.82, 2.24) is 9.88 Å². The molecular weight excluding hydrogens is 214 g/mol. The smallest absolute Gasteiger partial charge is 0.237 e. The van der Waals surface area contributed by atoms with Gasteiger partial charge >= 0.3 is 0 Å². The average molecular weight is 235 g/mol. The number of aromatic nitrogens is 1. The van der Waals surface area contributed by atoms with Crippen molar-refractivity contribution in [2.24, 2.45) is 0 Å². The first-order valence-electron chi connectivity index (χ1n) is 6.20. The number of nitrogens with one attached hydrogen (secondary N) is 1. The van der Waals surface area contributed by atoms with Crippen LogP contribution in [0, 0.1) is 0 Å². The molecule has 0 aliphatic carbocycles. The van der Waals surface area contributed by atoms with Crippen LogP contribution in [0.15, 0.2) is 18.3 Å². The van der Waals surface area contributed by atoms with Crippen LogP contribution in [0.3, 0.4) is 0 Å². The Balaban J connectivity index is 1.98. The molecular formula is C13H21N3O. The van der Waals surface area contributed by atoms with Crippen molar-refractivity contribution in [3.63, 3.8) is 0 Å². The summed E-state index contributed by atoms with van der Waals surface area (Å²) in [6, 6.07) is 5.07. The predicted octanol–water partition coefficient (Wildman–Crippen LogP) is 1.98. The van der Waals surface area contributed by atoms with Gasteiger partial charge in [0.1, 0.15) is 0 Å². The van der Waals surface area contributed by atoms with Gasteiger partial charge in [0.2, 0.25) is 5.88 Å². The van der Waals surface area contributed by atoms with E-state index in [1.165, 1.54) is 6.42 Å². The number of hydrogen-bond acceptors (Lipinski definition) is 4. The Hall–Kier alpha value is -1.29. The lowest BCUT2D eigenvalue weighted by atomic mass is 10.2. The molecule has 2 rings (SSSR count). The van der Waals surface area contributed by atoms with Gasteiger partial charge in [0.05, 0.1) is 12.8 Å². The molecule has 0 aromatic carbocycles. The summed E-state index contributed by atoms with van der Waals surface area (Å²) < 4.78 is 5.24. The number of pyridine rings is 1. The first-order chi connectivity index (χ1) is 8.20. The Bertz CT molecular complexity index is 367. The lowest BCUT2D eigenvalue weighted by Gasteiger charge is -2.21. The highest BCUT2D eigenvalue weighted by atomic mass is 16.5. The number of likely N-dealkylation sites (tertiary alicyclic amines) is 1. The third-order valence-electron chi connectivity index (χ3n) is 3.27. The lowest BCUT2D eigenvalue weighted by Crippen LogP contribution is -2.31. The van der Waals surface area contributed by atoms with Gasteiger partial charge in [-0.3, -0.25) is 4.90 Å². The number of hydrogen-bond donors (Lipinski definition) is 1. The van der Waals surface area contributed by atoms with Gasteiger partial charge < -0.3 is 10.1 Å². The maximum Gasteiger partial charge on any atom is 0.237 e. The van der Waals surface area contributed by atoms with Crippen LogP contribution in [-0.2, 0) is 0 Å². The third-order valence-corrected chi connectivity index (χ3v) is 3.27. The van der Waals surface area contributed by atoms with Gasteiger partial charge in [-0.2, -0.15) is 0 Å².